The first-order valence-corrected chi connectivity index (χ1v) is 11.7. The van der Waals surface area contributed by atoms with Crippen LogP contribution in [-0.4, -0.2) is 32.2 Å². The van der Waals surface area contributed by atoms with Crippen LogP contribution in [0, 0.1) is 0 Å². The Hall–Kier alpha value is -2.48. The van der Waals surface area contributed by atoms with E-state index in [0.29, 0.717) is 0 Å². The molecule has 1 N–H and O–H groups in total. The third kappa shape index (κ3) is 5.12. The highest BCUT2D eigenvalue weighted by molar-refractivity contribution is 7.89. The van der Waals surface area contributed by atoms with E-state index in [1.54, 1.807) is 29.5 Å². The van der Waals surface area contributed by atoms with Crippen molar-refractivity contribution in [1.82, 2.24) is 9.62 Å². The lowest BCUT2D eigenvalue weighted by Gasteiger charge is -2.21. The highest BCUT2D eigenvalue weighted by Crippen LogP contribution is 2.26. The summed E-state index contributed by atoms with van der Waals surface area (Å²) in [5, 5.41) is 4.95. The fourth-order valence-corrected chi connectivity index (χ4v) is 4.94. The average Bonchev–Trinajstić information content (AvgIpc) is 3.27. The zero-order valence-corrected chi connectivity index (χ0v) is 18.0. The number of amides is 1. The number of nitrogens with one attached hydrogen (secondary N) is 1. The van der Waals surface area contributed by atoms with Gasteiger partial charge in [-0.15, -0.1) is 11.3 Å². The van der Waals surface area contributed by atoms with Crippen molar-refractivity contribution in [3.05, 3.63) is 88.1 Å². The van der Waals surface area contributed by atoms with Gasteiger partial charge in [-0.1, -0.05) is 55.5 Å². The van der Waals surface area contributed by atoms with Gasteiger partial charge < -0.3 is 5.32 Å². The molecule has 0 fully saturated rings. The van der Waals surface area contributed by atoms with E-state index >= 15 is 0 Å². The van der Waals surface area contributed by atoms with Crippen LogP contribution in [0.3, 0.4) is 0 Å². The first-order chi connectivity index (χ1) is 13.9. The molecule has 1 heterocycles. The SMILES string of the molecule is CCc1ccc(C(NC(=O)CN(C)S(=O)(=O)c2ccccc2)c2cccs2)cc1. The van der Waals surface area contributed by atoms with Gasteiger partial charge in [0, 0.05) is 11.9 Å². The minimum absolute atomic E-state index is 0.167. The number of thiophene rings is 1. The van der Waals surface area contributed by atoms with Crippen LogP contribution >= 0.6 is 11.3 Å². The molecule has 1 unspecified atom stereocenters. The van der Waals surface area contributed by atoms with Gasteiger partial charge in [0.1, 0.15) is 0 Å². The van der Waals surface area contributed by atoms with Crippen LogP contribution in [-0.2, 0) is 21.2 Å². The summed E-state index contributed by atoms with van der Waals surface area (Å²) in [6.07, 6.45) is 0.943. The number of carbonyl (C=O) groups is 1. The summed E-state index contributed by atoms with van der Waals surface area (Å²) < 4.78 is 26.4. The van der Waals surface area contributed by atoms with Crippen molar-refractivity contribution < 1.29 is 13.2 Å². The Morgan fingerprint density at radius 2 is 1.72 bits per heavy atom. The zero-order chi connectivity index (χ0) is 20.9. The van der Waals surface area contributed by atoms with E-state index in [-0.39, 0.29) is 23.4 Å². The van der Waals surface area contributed by atoms with Crippen molar-refractivity contribution in [1.29, 1.82) is 0 Å². The fraction of sp³-hybridized carbons (Fsp3) is 0.227. The maximum absolute atomic E-state index is 12.7. The highest BCUT2D eigenvalue weighted by Gasteiger charge is 2.25. The monoisotopic (exact) mass is 428 g/mol. The predicted molar refractivity (Wildman–Crippen MR) is 116 cm³/mol. The first kappa shape index (κ1) is 21.2. The van der Waals surface area contributed by atoms with E-state index in [2.05, 4.69) is 12.2 Å². The number of aryl methyl sites for hydroxylation is 1. The molecule has 1 aromatic heterocycles. The molecule has 0 saturated carbocycles. The minimum atomic E-state index is -3.72. The summed E-state index contributed by atoms with van der Waals surface area (Å²) in [7, 11) is -2.31. The quantitative estimate of drug-likeness (QED) is 0.593. The molecule has 1 atom stereocenters. The summed E-state index contributed by atoms with van der Waals surface area (Å²) in [5.74, 6) is -0.357. The van der Waals surface area contributed by atoms with Crippen molar-refractivity contribution in [2.45, 2.75) is 24.3 Å². The van der Waals surface area contributed by atoms with E-state index in [4.69, 9.17) is 0 Å². The Labute approximate surface area is 176 Å². The van der Waals surface area contributed by atoms with Crippen LogP contribution in [0.5, 0.6) is 0 Å². The molecule has 0 bridgehead atoms. The second-order valence-electron chi connectivity index (χ2n) is 6.69. The summed E-state index contributed by atoms with van der Waals surface area (Å²) in [4.78, 5) is 13.9. The van der Waals surface area contributed by atoms with Gasteiger partial charge in [0.25, 0.3) is 0 Å². The molecule has 3 aromatic rings. The Kier molecular flexibility index (Phi) is 6.84. The molecule has 0 saturated heterocycles. The zero-order valence-electron chi connectivity index (χ0n) is 16.4. The van der Waals surface area contributed by atoms with Gasteiger partial charge in [-0.3, -0.25) is 4.79 Å². The molecular formula is C22H24N2O3S2. The van der Waals surface area contributed by atoms with Gasteiger partial charge in [-0.25, -0.2) is 8.42 Å². The number of carbonyl (C=O) groups excluding carboxylic acids is 1. The summed E-state index contributed by atoms with van der Waals surface area (Å²) in [6.45, 7) is 1.84. The first-order valence-electron chi connectivity index (χ1n) is 9.35. The number of hydrogen-bond acceptors (Lipinski definition) is 4. The van der Waals surface area contributed by atoms with Crippen molar-refractivity contribution in [2.75, 3.05) is 13.6 Å². The Morgan fingerprint density at radius 1 is 1.03 bits per heavy atom. The molecule has 7 heteroatoms. The molecule has 0 radical (unpaired) electrons. The minimum Gasteiger partial charge on any atom is -0.343 e. The maximum atomic E-state index is 12.7. The summed E-state index contributed by atoms with van der Waals surface area (Å²) >= 11 is 1.55. The number of benzene rings is 2. The lowest BCUT2D eigenvalue weighted by molar-refractivity contribution is -0.121. The van der Waals surface area contributed by atoms with Crippen LogP contribution in [0.25, 0.3) is 0 Å². The Morgan fingerprint density at radius 3 is 2.31 bits per heavy atom. The summed E-state index contributed by atoms with van der Waals surface area (Å²) in [6, 6.07) is 19.8. The number of sulfonamides is 1. The lowest BCUT2D eigenvalue weighted by atomic mass is 10.0. The van der Waals surface area contributed by atoms with Crippen LogP contribution in [0.2, 0.25) is 0 Å². The third-order valence-electron chi connectivity index (χ3n) is 4.67. The van der Waals surface area contributed by atoms with Crippen molar-refractivity contribution >= 4 is 27.3 Å². The topological polar surface area (TPSA) is 66.5 Å². The Bertz CT molecular complexity index is 1030. The second kappa shape index (κ2) is 9.35. The highest BCUT2D eigenvalue weighted by atomic mass is 32.2. The molecule has 0 aliphatic rings. The van der Waals surface area contributed by atoms with Crippen molar-refractivity contribution in [3.63, 3.8) is 0 Å². The predicted octanol–water partition coefficient (Wildman–Crippen LogP) is 3.84. The molecule has 0 aliphatic carbocycles. The average molecular weight is 429 g/mol. The fourth-order valence-electron chi connectivity index (χ4n) is 2.99. The van der Waals surface area contributed by atoms with Crippen LogP contribution < -0.4 is 5.32 Å². The van der Waals surface area contributed by atoms with Gasteiger partial charge in [0.15, 0.2) is 0 Å². The van der Waals surface area contributed by atoms with Crippen molar-refractivity contribution in [3.8, 4) is 0 Å². The molecule has 3 rings (SSSR count). The van der Waals surface area contributed by atoms with Crippen molar-refractivity contribution in [2.24, 2.45) is 0 Å². The lowest BCUT2D eigenvalue weighted by Crippen LogP contribution is -2.39. The molecular weight excluding hydrogens is 404 g/mol. The molecule has 0 spiro atoms. The van der Waals surface area contributed by atoms with Crippen LogP contribution in [0.4, 0.5) is 0 Å². The van der Waals surface area contributed by atoms with E-state index in [0.717, 1.165) is 21.2 Å². The molecule has 29 heavy (non-hydrogen) atoms. The molecule has 5 nitrogen and oxygen atoms in total. The van der Waals surface area contributed by atoms with Gasteiger partial charge >= 0.3 is 0 Å². The number of rotatable bonds is 8. The number of likely N-dealkylation sites (N-methyl/N-ethyl adjacent to an activating group) is 1. The normalized spacial score (nSPS) is 12.7. The molecule has 0 aliphatic heterocycles. The Balaban J connectivity index is 1.76. The third-order valence-corrected chi connectivity index (χ3v) is 7.43. The van der Waals surface area contributed by atoms with Crippen LogP contribution in [0.1, 0.15) is 29.0 Å². The van der Waals surface area contributed by atoms with Gasteiger partial charge in [-0.05, 0) is 41.1 Å². The van der Waals surface area contributed by atoms with E-state index in [1.807, 2.05) is 41.8 Å². The summed E-state index contributed by atoms with van der Waals surface area (Å²) in [5.41, 5.74) is 2.19. The maximum Gasteiger partial charge on any atom is 0.243 e. The van der Waals surface area contributed by atoms with E-state index in [9.17, 15) is 13.2 Å². The van der Waals surface area contributed by atoms with Gasteiger partial charge in [0.2, 0.25) is 15.9 Å². The van der Waals surface area contributed by atoms with E-state index in [1.165, 1.54) is 24.7 Å². The second-order valence-corrected chi connectivity index (χ2v) is 9.71. The molecule has 152 valence electrons. The van der Waals surface area contributed by atoms with Gasteiger partial charge in [0.05, 0.1) is 17.5 Å². The molecule has 2 aromatic carbocycles. The molecule has 1 amide bonds. The largest absolute Gasteiger partial charge is 0.343 e. The van der Waals surface area contributed by atoms with E-state index < -0.39 is 10.0 Å². The number of nitrogens with zero attached hydrogens (tertiary/aromatic N) is 1. The number of hydrogen-bond donors (Lipinski definition) is 1. The van der Waals surface area contributed by atoms with Gasteiger partial charge in [-0.2, -0.15) is 4.31 Å². The smallest absolute Gasteiger partial charge is 0.243 e. The van der Waals surface area contributed by atoms with Crippen LogP contribution in [0.15, 0.2) is 77.0 Å². The standard InChI is InChI=1S/C22H24N2O3S2/c1-3-17-11-13-18(14-12-17)22(20-10-7-15-28-20)23-21(25)16-24(2)29(26,27)19-8-5-4-6-9-19/h4-15,22H,3,16H2,1-2H3,(H,23,25).